The molecule has 0 spiro atoms. The number of nitrogens with one attached hydrogen (secondary N) is 3. The largest absolute Gasteiger partial charge is 0.383 e. The Morgan fingerprint density at radius 2 is 2.00 bits per heavy atom. The predicted octanol–water partition coefficient (Wildman–Crippen LogP) is 1.88. The number of benzene rings is 1. The highest BCUT2D eigenvalue weighted by molar-refractivity contribution is 5.82. The number of ether oxygens (including phenoxy) is 1. The minimum absolute atomic E-state index is 0.780. The summed E-state index contributed by atoms with van der Waals surface area (Å²) in [6.07, 6.45) is 3.12. The van der Waals surface area contributed by atoms with Crippen molar-refractivity contribution in [2.75, 3.05) is 33.4 Å². The van der Waals surface area contributed by atoms with Gasteiger partial charge in [-0.25, -0.2) is 0 Å². The van der Waals surface area contributed by atoms with Gasteiger partial charge >= 0.3 is 0 Å². The van der Waals surface area contributed by atoms with Crippen LogP contribution >= 0.6 is 0 Å². The van der Waals surface area contributed by atoms with Gasteiger partial charge in [-0.1, -0.05) is 18.2 Å². The normalized spacial score (nSPS) is 11.2. The van der Waals surface area contributed by atoms with E-state index in [0.717, 1.165) is 39.2 Å². The van der Waals surface area contributed by atoms with Crippen molar-refractivity contribution in [2.24, 2.45) is 0 Å². The highest BCUT2D eigenvalue weighted by atomic mass is 16.5. The van der Waals surface area contributed by atoms with Crippen LogP contribution in [0.25, 0.3) is 10.9 Å². The van der Waals surface area contributed by atoms with Gasteiger partial charge in [0.2, 0.25) is 0 Å². The molecule has 0 atom stereocenters. The van der Waals surface area contributed by atoms with Crippen LogP contribution in [-0.2, 0) is 11.3 Å². The average molecular weight is 261 g/mol. The standard InChI is InChI=1S/C15H23N3O/c1-19-11-10-16-7-3-8-17-12-14-5-2-4-13-6-9-18-15(13)14/h2,4-6,9,16-18H,3,7-8,10-12H2,1H3. The van der Waals surface area contributed by atoms with Crippen molar-refractivity contribution in [1.82, 2.24) is 15.6 Å². The van der Waals surface area contributed by atoms with Gasteiger partial charge in [0.15, 0.2) is 0 Å². The molecule has 0 aliphatic heterocycles. The number of hydrogen-bond donors (Lipinski definition) is 3. The number of methoxy groups -OCH3 is 1. The van der Waals surface area contributed by atoms with E-state index in [1.54, 1.807) is 7.11 Å². The molecule has 0 amide bonds. The molecule has 2 aromatic rings. The molecule has 0 bridgehead atoms. The first-order chi connectivity index (χ1) is 9.42. The van der Waals surface area contributed by atoms with E-state index in [4.69, 9.17) is 4.74 Å². The summed E-state index contributed by atoms with van der Waals surface area (Å²) in [7, 11) is 1.73. The van der Waals surface area contributed by atoms with Crippen molar-refractivity contribution in [3.05, 3.63) is 36.0 Å². The second-order valence-corrected chi connectivity index (χ2v) is 4.63. The lowest BCUT2D eigenvalue weighted by molar-refractivity contribution is 0.199. The lowest BCUT2D eigenvalue weighted by Gasteiger charge is -2.07. The molecule has 3 N–H and O–H groups in total. The maximum Gasteiger partial charge on any atom is 0.0587 e. The Kier molecular flexibility index (Phi) is 5.88. The zero-order valence-corrected chi connectivity index (χ0v) is 11.5. The summed E-state index contributed by atoms with van der Waals surface area (Å²) >= 11 is 0. The van der Waals surface area contributed by atoms with E-state index >= 15 is 0 Å². The van der Waals surface area contributed by atoms with Crippen LogP contribution < -0.4 is 10.6 Å². The predicted molar refractivity (Wildman–Crippen MR) is 79.4 cm³/mol. The number of hydrogen-bond acceptors (Lipinski definition) is 3. The van der Waals surface area contributed by atoms with Crippen molar-refractivity contribution < 1.29 is 4.74 Å². The monoisotopic (exact) mass is 261 g/mol. The molecule has 0 fully saturated rings. The number of para-hydroxylation sites is 1. The van der Waals surface area contributed by atoms with Crippen LogP contribution in [0.4, 0.5) is 0 Å². The van der Waals surface area contributed by atoms with Gasteiger partial charge in [-0.15, -0.1) is 0 Å². The highest BCUT2D eigenvalue weighted by Crippen LogP contribution is 2.16. The van der Waals surface area contributed by atoms with E-state index in [0.29, 0.717) is 0 Å². The van der Waals surface area contributed by atoms with Gasteiger partial charge in [0.25, 0.3) is 0 Å². The first-order valence-corrected chi connectivity index (χ1v) is 6.87. The maximum atomic E-state index is 4.98. The molecule has 0 aliphatic carbocycles. The lowest BCUT2D eigenvalue weighted by Crippen LogP contribution is -2.24. The third-order valence-corrected chi connectivity index (χ3v) is 3.18. The number of fused-ring (bicyclic) bond motifs is 1. The summed E-state index contributed by atoms with van der Waals surface area (Å²) in [5, 5.41) is 8.10. The maximum absolute atomic E-state index is 4.98. The molecule has 4 heteroatoms. The SMILES string of the molecule is COCCNCCCNCc1cccc2cc[nH]c12. The van der Waals surface area contributed by atoms with Crippen LogP contribution in [0.15, 0.2) is 30.5 Å². The minimum Gasteiger partial charge on any atom is -0.383 e. The van der Waals surface area contributed by atoms with Crippen LogP contribution in [0.1, 0.15) is 12.0 Å². The van der Waals surface area contributed by atoms with E-state index in [1.165, 1.54) is 16.5 Å². The summed E-state index contributed by atoms with van der Waals surface area (Å²) in [4.78, 5) is 3.30. The fourth-order valence-electron chi connectivity index (χ4n) is 2.16. The molecule has 1 aromatic heterocycles. The van der Waals surface area contributed by atoms with Crippen LogP contribution in [0.5, 0.6) is 0 Å². The average Bonchev–Trinajstić information content (AvgIpc) is 2.91. The molecule has 104 valence electrons. The third-order valence-electron chi connectivity index (χ3n) is 3.18. The summed E-state index contributed by atoms with van der Waals surface area (Å²) in [5.41, 5.74) is 2.57. The zero-order chi connectivity index (χ0) is 13.3. The number of rotatable bonds is 9. The summed E-state index contributed by atoms with van der Waals surface area (Å²) < 4.78 is 4.98. The van der Waals surface area contributed by atoms with Gasteiger partial charge in [0, 0.05) is 31.9 Å². The third kappa shape index (κ3) is 4.35. The Morgan fingerprint density at radius 1 is 1.11 bits per heavy atom. The Bertz CT molecular complexity index is 481. The van der Waals surface area contributed by atoms with Crippen molar-refractivity contribution in [3.8, 4) is 0 Å². The van der Waals surface area contributed by atoms with E-state index in [2.05, 4.69) is 39.9 Å². The van der Waals surface area contributed by atoms with E-state index in [-0.39, 0.29) is 0 Å². The van der Waals surface area contributed by atoms with Crippen LogP contribution in [0, 0.1) is 0 Å². The smallest absolute Gasteiger partial charge is 0.0587 e. The topological polar surface area (TPSA) is 49.1 Å². The number of aromatic nitrogens is 1. The molecule has 0 unspecified atom stereocenters. The van der Waals surface area contributed by atoms with Gasteiger partial charge in [-0.2, -0.15) is 0 Å². The highest BCUT2D eigenvalue weighted by Gasteiger charge is 2.00. The molecular formula is C15H23N3O. The van der Waals surface area contributed by atoms with Gasteiger partial charge in [-0.05, 0) is 36.5 Å². The van der Waals surface area contributed by atoms with Gasteiger partial charge in [0.1, 0.15) is 0 Å². The Hall–Kier alpha value is -1.36. The zero-order valence-electron chi connectivity index (χ0n) is 11.5. The Balaban J connectivity index is 1.64. The summed E-state index contributed by atoms with van der Waals surface area (Å²) in [6.45, 7) is 4.68. The molecule has 0 radical (unpaired) electrons. The first-order valence-electron chi connectivity index (χ1n) is 6.87. The molecule has 0 saturated heterocycles. The molecule has 4 nitrogen and oxygen atoms in total. The van der Waals surface area contributed by atoms with Crippen molar-refractivity contribution in [1.29, 1.82) is 0 Å². The van der Waals surface area contributed by atoms with E-state index < -0.39 is 0 Å². The summed E-state index contributed by atoms with van der Waals surface area (Å²) in [6, 6.07) is 8.52. The first kappa shape index (κ1) is 14.1. The second-order valence-electron chi connectivity index (χ2n) is 4.63. The fraction of sp³-hybridized carbons (Fsp3) is 0.467. The molecule has 1 aromatic carbocycles. The molecule has 2 rings (SSSR count). The van der Waals surface area contributed by atoms with Crippen LogP contribution in [0.3, 0.4) is 0 Å². The molecule has 19 heavy (non-hydrogen) atoms. The Morgan fingerprint density at radius 3 is 2.89 bits per heavy atom. The number of aromatic amines is 1. The summed E-state index contributed by atoms with van der Waals surface area (Å²) in [5.74, 6) is 0. The van der Waals surface area contributed by atoms with Crippen LogP contribution in [-0.4, -0.2) is 38.3 Å². The van der Waals surface area contributed by atoms with Crippen molar-refractivity contribution in [3.63, 3.8) is 0 Å². The molecule has 0 aliphatic rings. The van der Waals surface area contributed by atoms with Crippen molar-refractivity contribution in [2.45, 2.75) is 13.0 Å². The lowest BCUT2D eigenvalue weighted by atomic mass is 10.1. The Labute approximate surface area is 114 Å². The molecular weight excluding hydrogens is 238 g/mol. The molecule has 1 heterocycles. The molecule has 0 saturated carbocycles. The van der Waals surface area contributed by atoms with Gasteiger partial charge in [0.05, 0.1) is 6.61 Å². The van der Waals surface area contributed by atoms with E-state index in [1.807, 2.05) is 6.20 Å². The van der Waals surface area contributed by atoms with E-state index in [9.17, 15) is 0 Å². The van der Waals surface area contributed by atoms with Gasteiger partial charge < -0.3 is 20.4 Å². The second kappa shape index (κ2) is 7.94. The number of H-pyrrole nitrogens is 1. The van der Waals surface area contributed by atoms with Crippen LogP contribution in [0.2, 0.25) is 0 Å². The fourth-order valence-corrected chi connectivity index (χ4v) is 2.16. The van der Waals surface area contributed by atoms with Gasteiger partial charge in [-0.3, -0.25) is 0 Å². The van der Waals surface area contributed by atoms with Crippen molar-refractivity contribution >= 4 is 10.9 Å². The quantitative estimate of drug-likeness (QED) is 0.604. The minimum atomic E-state index is 0.780.